The molecule has 196 valence electrons. The largest absolute Gasteiger partial charge is 0.365 e. The summed E-state index contributed by atoms with van der Waals surface area (Å²) in [6, 6.07) is 9.46. The monoisotopic (exact) mass is 510 g/mol. The molecule has 0 atom stereocenters. The first-order chi connectivity index (χ1) is 17.6. The number of benzene rings is 1. The number of primary amides is 1. The summed E-state index contributed by atoms with van der Waals surface area (Å²) in [5, 5.41) is 0.530. The smallest absolute Gasteiger partial charge is 0.333 e. The Balaban J connectivity index is 1.38. The summed E-state index contributed by atoms with van der Waals surface area (Å²) in [6.45, 7) is 2.27. The van der Waals surface area contributed by atoms with E-state index in [0.717, 1.165) is 17.7 Å². The first kappa shape index (κ1) is 28.0. The van der Waals surface area contributed by atoms with Gasteiger partial charge in [0.05, 0.1) is 5.56 Å². The molecular weight excluding hydrogens is 468 g/mol. The maximum atomic E-state index is 12.7. The van der Waals surface area contributed by atoms with E-state index in [1.807, 2.05) is 30.3 Å². The highest BCUT2D eigenvalue weighted by molar-refractivity contribution is 7.99. The molecule has 3 N–H and O–H groups in total. The second-order valence-electron chi connectivity index (χ2n) is 9.63. The van der Waals surface area contributed by atoms with Gasteiger partial charge in [-0.15, -0.1) is 0 Å². The molecule has 36 heavy (non-hydrogen) atoms. The molecule has 3 rings (SSSR count). The summed E-state index contributed by atoms with van der Waals surface area (Å²) in [7, 11) is 0. The van der Waals surface area contributed by atoms with E-state index in [2.05, 4.69) is 16.9 Å². The van der Waals surface area contributed by atoms with E-state index in [-0.39, 0.29) is 11.3 Å². The number of fused-ring (bicyclic) bond motifs is 1. The molecule has 0 aliphatic carbocycles. The number of thioether (sulfide) groups is 1. The Morgan fingerprint density at radius 1 is 0.889 bits per heavy atom. The maximum Gasteiger partial charge on any atom is 0.333 e. The minimum absolute atomic E-state index is 0.283. The highest BCUT2D eigenvalue weighted by Crippen LogP contribution is 2.28. The lowest BCUT2D eigenvalue weighted by Crippen LogP contribution is -2.19. The minimum Gasteiger partial charge on any atom is -0.365 e. The average Bonchev–Trinajstić information content (AvgIpc) is 3.27. The van der Waals surface area contributed by atoms with Crippen LogP contribution in [0.4, 0.5) is 0 Å². The van der Waals surface area contributed by atoms with Crippen LogP contribution in [0.2, 0.25) is 0 Å². The Morgan fingerprint density at radius 2 is 1.44 bits per heavy atom. The lowest BCUT2D eigenvalue weighted by atomic mass is 10.0. The van der Waals surface area contributed by atoms with Gasteiger partial charge in [0.25, 0.3) is 5.91 Å². The SMILES string of the molecule is CCCCCCCCCCCCCCCCSc1nc2c(C(N)=O)c(-c3ccccc3)cn2c(=O)[nH]1. The molecule has 3 aromatic rings. The van der Waals surface area contributed by atoms with Crippen LogP contribution in [0.1, 0.15) is 107 Å². The summed E-state index contributed by atoms with van der Waals surface area (Å²) in [6.07, 6.45) is 20.3. The Morgan fingerprint density at radius 3 is 2.00 bits per heavy atom. The predicted molar refractivity (Wildman–Crippen MR) is 151 cm³/mol. The quantitative estimate of drug-likeness (QED) is 0.138. The molecule has 6 nitrogen and oxygen atoms in total. The van der Waals surface area contributed by atoms with Gasteiger partial charge >= 0.3 is 5.69 Å². The number of nitrogens with one attached hydrogen (secondary N) is 1. The third-order valence-electron chi connectivity index (χ3n) is 6.69. The van der Waals surface area contributed by atoms with Crippen molar-refractivity contribution < 1.29 is 4.79 Å². The summed E-state index contributed by atoms with van der Waals surface area (Å²) in [5.41, 5.74) is 7.42. The fourth-order valence-electron chi connectivity index (χ4n) is 4.65. The molecule has 0 unspecified atom stereocenters. The fraction of sp³-hybridized carbons (Fsp3) is 0.552. The van der Waals surface area contributed by atoms with E-state index in [1.165, 1.54) is 99.6 Å². The van der Waals surface area contributed by atoms with E-state index >= 15 is 0 Å². The van der Waals surface area contributed by atoms with Crippen LogP contribution in [0.25, 0.3) is 16.8 Å². The standard InChI is InChI=1S/C29H42N4O2S/c1-2-3-4-5-6-7-8-9-10-11-12-13-14-18-21-36-28-31-27-25(26(30)34)24(22-33(27)29(35)32-28)23-19-16-15-17-20-23/h15-17,19-20,22H,2-14,18,21H2,1H3,(H2,30,34)(H,31,32,35). The molecule has 0 saturated heterocycles. The molecule has 0 radical (unpaired) electrons. The fourth-order valence-corrected chi connectivity index (χ4v) is 5.50. The third-order valence-corrected chi connectivity index (χ3v) is 7.65. The van der Waals surface area contributed by atoms with Gasteiger partial charge in [0, 0.05) is 17.5 Å². The van der Waals surface area contributed by atoms with Crippen LogP contribution in [0.3, 0.4) is 0 Å². The van der Waals surface area contributed by atoms with Gasteiger partial charge < -0.3 is 5.73 Å². The number of unbranched alkanes of at least 4 members (excludes halogenated alkanes) is 13. The topological polar surface area (TPSA) is 93.2 Å². The molecule has 1 aromatic carbocycles. The van der Waals surface area contributed by atoms with Crippen molar-refractivity contribution >= 4 is 23.3 Å². The number of hydrogen-bond acceptors (Lipinski definition) is 4. The Bertz CT molecular complexity index is 1120. The van der Waals surface area contributed by atoms with Gasteiger partial charge in [-0.2, -0.15) is 0 Å². The molecule has 0 spiro atoms. The molecule has 7 heteroatoms. The number of rotatable bonds is 18. The molecule has 0 bridgehead atoms. The van der Waals surface area contributed by atoms with Crippen LogP contribution in [0.15, 0.2) is 46.5 Å². The molecule has 0 aliphatic heterocycles. The van der Waals surface area contributed by atoms with Gasteiger partial charge in [-0.1, -0.05) is 132 Å². The number of H-pyrrole nitrogens is 1. The van der Waals surface area contributed by atoms with Gasteiger partial charge in [0.2, 0.25) is 0 Å². The summed E-state index contributed by atoms with van der Waals surface area (Å²) < 4.78 is 1.37. The molecule has 2 aromatic heterocycles. The van der Waals surface area contributed by atoms with E-state index in [0.29, 0.717) is 16.4 Å². The highest BCUT2D eigenvalue weighted by atomic mass is 32.2. The lowest BCUT2D eigenvalue weighted by molar-refractivity contribution is 0.100. The number of carbonyl (C=O) groups excluding carboxylic acids is 1. The Kier molecular flexibility index (Phi) is 12.1. The zero-order valence-electron chi connectivity index (χ0n) is 21.8. The van der Waals surface area contributed by atoms with Crippen LogP contribution < -0.4 is 11.4 Å². The van der Waals surface area contributed by atoms with Gasteiger partial charge in [0.1, 0.15) is 0 Å². The van der Waals surface area contributed by atoms with Crippen molar-refractivity contribution in [2.75, 3.05) is 5.75 Å². The Labute approximate surface area is 219 Å². The molecule has 0 aliphatic rings. The first-order valence-electron chi connectivity index (χ1n) is 13.7. The van der Waals surface area contributed by atoms with Crippen LogP contribution in [-0.4, -0.2) is 26.0 Å². The molecular formula is C29H42N4O2S. The van der Waals surface area contributed by atoms with Crippen LogP contribution in [-0.2, 0) is 0 Å². The number of aromatic amines is 1. The van der Waals surface area contributed by atoms with Crippen molar-refractivity contribution in [1.82, 2.24) is 14.4 Å². The maximum absolute atomic E-state index is 12.7. The molecule has 0 fully saturated rings. The van der Waals surface area contributed by atoms with Crippen molar-refractivity contribution in [1.29, 1.82) is 0 Å². The number of nitrogens with zero attached hydrogens (tertiary/aromatic N) is 2. The van der Waals surface area contributed by atoms with Crippen molar-refractivity contribution in [2.24, 2.45) is 5.73 Å². The van der Waals surface area contributed by atoms with Gasteiger partial charge in [0.15, 0.2) is 10.8 Å². The lowest BCUT2D eigenvalue weighted by Gasteiger charge is -2.04. The van der Waals surface area contributed by atoms with Gasteiger partial charge in [-0.25, -0.2) is 9.78 Å². The molecule has 1 amide bonds. The number of nitrogens with two attached hydrogens (primary N) is 1. The highest BCUT2D eigenvalue weighted by Gasteiger charge is 2.20. The second-order valence-corrected chi connectivity index (χ2v) is 10.7. The predicted octanol–water partition coefficient (Wildman–Crippen LogP) is 7.36. The molecule has 0 saturated carbocycles. The van der Waals surface area contributed by atoms with E-state index in [4.69, 9.17) is 5.73 Å². The zero-order chi connectivity index (χ0) is 25.6. The van der Waals surface area contributed by atoms with Gasteiger partial charge in [-0.05, 0) is 12.0 Å². The first-order valence-corrected chi connectivity index (χ1v) is 14.7. The zero-order valence-corrected chi connectivity index (χ0v) is 22.6. The summed E-state index contributed by atoms with van der Waals surface area (Å²) >= 11 is 1.53. The van der Waals surface area contributed by atoms with E-state index in [9.17, 15) is 9.59 Å². The van der Waals surface area contributed by atoms with Crippen molar-refractivity contribution in [3.63, 3.8) is 0 Å². The van der Waals surface area contributed by atoms with Crippen molar-refractivity contribution in [3.05, 3.63) is 52.6 Å². The Hall–Kier alpha value is -2.54. The van der Waals surface area contributed by atoms with E-state index < -0.39 is 5.91 Å². The second kappa shape index (κ2) is 15.5. The average molecular weight is 511 g/mol. The van der Waals surface area contributed by atoms with Crippen LogP contribution in [0.5, 0.6) is 0 Å². The number of aromatic nitrogens is 3. The van der Waals surface area contributed by atoms with E-state index in [1.54, 1.807) is 6.20 Å². The number of carbonyl (C=O) groups is 1. The van der Waals surface area contributed by atoms with Crippen molar-refractivity contribution in [3.8, 4) is 11.1 Å². The van der Waals surface area contributed by atoms with Gasteiger partial charge in [-0.3, -0.25) is 14.2 Å². The minimum atomic E-state index is -0.586. The van der Waals surface area contributed by atoms with Crippen molar-refractivity contribution in [2.45, 2.75) is 102 Å². The third kappa shape index (κ3) is 8.54. The van der Waals surface area contributed by atoms with Crippen LogP contribution >= 0.6 is 11.8 Å². The summed E-state index contributed by atoms with van der Waals surface area (Å²) in [5.74, 6) is 0.298. The summed E-state index contributed by atoms with van der Waals surface area (Å²) in [4.78, 5) is 32.3. The normalized spacial score (nSPS) is 11.4. The number of hydrogen-bond donors (Lipinski definition) is 2. The number of amides is 1. The van der Waals surface area contributed by atoms with Crippen LogP contribution in [0, 0.1) is 0 Å². The molecule has 2 heterocycles.